The average Bonchev–Trinajstić information content (AvgIpc) is 3.30. The number of Topliss-reactive ketones (excluding diaryl/α,β-unsaturated/α-hetero) is 2. The highest BCUT2D eigenvalue weighted by Crippen LogP contribution is 2.30. The highest BCUT2D eigenvalue weighted by Gasteiger charge is 2.22. The van der Waals surface area contributed by atoms with Crippen LogP contribution in [0.5, 0.6) is 0 Å². The standard InChI is InChI=1S/C17H12O2/c18-16(12-3-1-10-5-14(10)7-12)9-17(19)13-4-2-11-6-15(11)8-13/h1-4,7-8H,5-6,9H2. The summed E-state index contributed by atoms with van der Waals surface area (Å²) < 4.78 is 0. The molecule has 0 aromatic heterocycles. The molecule has 0 spiro atoms. The van der Waals surface area contributed by atoms with Crippen molar-refractivity contribution in [3.05, 3.63) is 69.8 Å². The lowest BCUT2D eigenvalue weighted by atomic mass is 10.0. The van der Waals surface area contributed by atoms with Crippen LogP contribution >= 0.6 is 0 Å². The minimum absolute atomic E-state index is 0.0302. The van der Waals surface area contributed by atoms with Gasteiger partial charge in [0.15, 0.2) is 11.6 Å². The van der Waals surface area contributed by atoms with Gasteiger partial charge in [-0.15, -0.1) is 0 Å². The van der Waals surface area contributed by atoms with Crippen molar-refractivity contribution < 1.29 is 9.59 Å². The normalized spacial score (nSPS) is 13.5. The van der Waals surface area contributed by atoms with Crippen LogP contribution in [0.3, 0.4) is 0 Å². The summed E-state index contributed by atoms with van der Waals surface area (Å²) in [7, 11) is 0. The fourth-order valence-corrected chi connectivity index (χ4v) is 2.49. The van der Waals surface area contributed by atoms with E-state index in [2.05, 4.69) is 0 Å². The molecule has 0 atom stereocenters. The summed E-state index contributed by atoms with van der Waals surface area (Å²) in [5.41, 5.74) is 6.43. The molecule has 2 heteroatoms. The lowest BCUT2D eigenvalue weighted by Gasteiger charge is -2.00. The van der Waals surface area contributed by atoms with Crippen LogP contribution in [0.15, 0.2) is 36.4 Å². The van der Waals surface area contributed by atoms with Crippen molar-refractivity contribution in [1.29, 1.82) is 0 Å². The van der Waals surface area contributed by atoms with E-state index in [0.29, 0.717) is 11.1 Å². The Bertz CT molecular complexity index is 677. The lowest BCUT2D eigenvalue weighted by Crippen LogP contribution is -2.08. The van der Waals surface area contributed by atoms with E-state index in [-0.39, 0.29) is 18.0 Å². The topological polar surface area (TPSA) is 34.1 Å². The Morgan fingerprint density at radius 1 is 0.737 bits per heavy atom. The third-order valence-electron chi connectivity index (χ3n) is 3.89. The molecule has 0 N–H and O–H groups in total. The van der Waals surface area contributed by atoms with E-state index < -0.39 is 0 Å². The second kappa shape index (κ2) is 3.64. The molecular formula is C17H12O2. The maximum absolute atomic E-state index is 12.1. The Morgan fingerprint density at radius 3 is 1.63 bits per heavy atom. The zero-order valence-corrected chi connectivity index (χ0v) is 10.4. The Balaban J connectivity index is 1.52. The Kier molecular flexibility index (Phi) is 2.05. The summed E-state index contributed by atoms with van der Waals surface area (Å²) in [5.74, 6) is -0.158. The minimum Gasteiger partial charge on any atom is -0.294 e. The van der Waals surface area contributed by atoms with Gasteiger partial charge in [0.25, 0.3) is 0 Å². The van der Waals surface area contributed by atoms with Gasteiger partial charge in [-0.25, -0.2) is 0 Å². The van der Waals surface area contributed by atoms with E-state index in [0.717, 1.165) is 12.8 Å². The van der Waals surface area contributed by atoms with Gasteiger partial charge in [0, 0.05) is 11.1 Å². The summed E-state index contributed by atoms with van der Waals surface area (Å²) in [4.78, 5) is 24.2. The van der Waals surface area contributed by atoms with Gasteiger partial charge in [0.2, 0.25) is 0 Å². The summed E-state index contributed by atoms with van der Waals surface area (Å²) in [6, 6.07) is 11.4. The lowest BCUT2D eigenvalue weighted by molar-refractivity contribution is 0.0894. The fraction of sp³-hybridized carbons (Fsp3) is 0.176. The van der Waals surface area contributed by atoms with Crippen LogP contribution in [0, 0.1) is 0 Å². The number of ketones is 2. The molecule has 2 aromatic carbocycles. The zero-order chi connectivity index (χ0) is 13.0. The quantitative estimate of drug-likeness (QED) is 0.411. The highest BCUT2D eigenvalue weighted by atomic mass is 16.1. The number of carbonyl (C=O) groups excluding carboxylic acids is 2. The number of fused-ring (bicyclic) bond motifs is 2. The molecule has 0 saturated carbocycles. The number of rotatable bonds is 4. The van der Waals surface area contributed by atoms with Crippen molar-refractivity contribution in [1.82, 2.24) is 0 Å². The first-order valence-electron chi connectivity index (χ1n) is 6.51. The largest absolute Gasteiger partial charge is 0.294 e. The first-order valence-corrected chi connectivity index (χ1v) is 6.51. The first-order chi connectivity index (χ1) is 9.20. The zero-order valence-electron chi connectivity index (χ0n) is 10.4. The maximum atomic E-state index is 12.1. The molecule has 0 amide bonds. The molecule has 2 nitrogen and oxygen atoms in total. The second-order valence-corrected chi connectivity index (χ2v) is 5.34. The maximum Gasteiger partial charge on any atom is 0.170 e. The van der Waals surface area contributed by atoms with E-state index in [9.17, 15) is 9.59 Å². The minimum atomic E-state index is -0.0791. The molecule has 2 aromatic rings. The van der Waals surface area contributed by atoms with Crippen LogP contribution in [-0.2, 0) is 12.8 Å². The molecule has 2 aliphatic carbocycles. The van der Waals surface area contributed by atoms with Gasteiger partial charge in [-0.05, 0) is 47.2 Å². The molecule has 0 fully saturated rings. The smallest absolute Gasteiger partial charge is 0.170 e. The third-order valence-corrected chi connectivity index (χ3v) is 3.89. The SMILES string of the molecule is O=C(CC(=O)c1ccc2c(c1)C2)c1ccc2c(c1)C2. The Morgan fingerprint density at radius 2 is 1.21 bits per heavy atom. The monoisotopic (exact) mass is 248 g/mol. The number of hydrogen-bond acceptors (Lipinski definition) is 2. The summed E-state index contributed by atoms with van der Waals surface area (Å²) in [6.07, 6.45) is 1.95. The number of carbonyl (C=O) groups is 2. The van der Waals surface area contributed by atoms with Crippen molar-refractivity contribution in [3.63, 3.8) is 0 Å². The van der Waals surface area contributed by atoms with Gasteiger partial charge in [-0.3, -0.25) is 9.59 Å². The summed E-state index contributed by atoms with van der Waals surface area (Å²) >= 11 is 0. The van der Waals surface area contributed by atoms with Crippen LogP contribution in [0.1, 0.15) is 49.4 Å². The van der Waals surface area contributed by atoms with Crippen molar-refractivity contribution in [3.8, 4) is 0 Å². The van der Waals surface area contributed by atoms with Gasteiger partial charge in [-0.2, -0.15) is 0 Å². The second-order valence-electron chi connectivity index (χ2n) is 5.34. The summed E-state index contributed by atoms with van der Waals surface area (Å²) in [6.45, 7) is 0. The number of hydrogen-bond donors (Lipinski definition) is 0. The molecule has 0 unspecified atom stereocenters. The van der Waals surface area contributed by atoms with E-state index >= 15 is 0 Å². The molecular weight excluding hydrogens is 236 g/mol. The average molecular weight is 248 g/mol. The molecule has 4 rings (SSSR count). The van der Waals surface area contributed by atoms with Crippen LogP contribution < -0.4 is 0 Å². The highest BCUT2D eigenvalue weighted by molar-refractivity contribution is 6.13. The molecule has 0 radical (unpaired) electrons. The van der Waals surface area contributed by atoms with Gasteiger partial charge < -0.3 is 0 Å². The van der Waals surface area contributed by atoms with Crippen LogP contribution in [0.2, 0.25) is 0 Å². The molecule has 0 bridgehead atoms. The predicted octanol–water partition coefficient (Wildman–Crippen LogP) is 2.95. The van der Waals surface area contributed by atoms with E-state index in [4.69, 9.17) is 0 Å². The number of benzene rings is 2. The van der Waals surface area contributed by atoms with Crippen LogP contribution in [0.4, 0.5) is 0 Å². The van der Waals surface area contributed by atoms with E-state index in [1.807, 2.05) is 36.4 Å². The van der Waals surface area contributed by atoms with E-state index in [1.165, 1.54) is 22.3 Å². The molecule has 0 aliphatic heterocycles. The van der Waals surface area contributed by atoms with Crippen LogP contribution in [-0.4, -0.2) is 11.6 Å². The van der Waals surface area contributed by atoms with Gasteiger partial charge in [0.1, 0.15) is 0 Å². The molecule has 92 valence electrons. The first kappa shape index (κ1) is 10.7. The predicted molar refractivity (Wildman–Crippen MR) is 71.8 cm³/mol. The van der Waals surface area contributed by atoms with Gasteiger partial charge in [0.05, 0.1) is 6.42 Å². The van der Waals surface area contributed by atoms with Gasteiger partial charge >= 0.3 is 0 Å². The third kappa shape index (κ3) is 1.89. The van der Waals surface area contributed by atoms with Crippen molar-refractivity contribution in [2.24, 2.45) is 0 Å². The van der Waals surface area contributed by atoms with Gasteiger partial charge in [-0.1, -0.05) is 24.3 Å². The van der Waals surface area contributed by atoms with Crippen molar-refractivity contribution >= 4 is 11.6 Å². The van der Waals surface area contributed by atoms with Crippen molar-refractivity contribution in [2.45, 2.75) is 19.3 Å². The molecule has 2 aliphatic rings. The fourth-order valence-electron chi connectivity index (χ4n) is 2.49. The molecule has 0 saturated heterocycles. The van der Waals surface area contributed by atoms with Crippen molar-refractivity contribution in [2.75, 3.05) is 0 Å². The van der Waals surface area contributed by atoms with E-state index in [1.54, 1.807) is 0 Å². The Labute approximate surface area is 111 Å². The Hall–Kier alpha value is -2.22. The summed E-state index contributed by atoms with van der Waals surface area (Å²) in [5, 5.41) is 0. The van der Waals surface area contributed by atoms with Crippen LogP contribution in [0.25, 0.3) is 0 Å². The molecule has 0 heterocycles. The molecule has 19 heavy (non-hydrogen) atoms.